The lowest BCUT2D eigenvalue weighted by atomic mass is 10.1. The van der Waals surface area contributed by atoms with Gasteiger partial charge in [-0.15, -0.1) is 11.3 Å². The molecule has 5 heteroatoms. The summed E-state index contributed by atoms with van der Waals surface area (Å²) in [5.74, 6) is 0.0932. The smallest absolute Gasteiger partial charge is 0.255 e. The summed E-state index contributed by atoms with van der Waals surface area (Å²) in [5, 5.41) is 0. The van der Waals surface area contributed by atoms with Gasteiger partial charge in [0.05, 0.1) is 10.4 Å². The molecule has 0 bridgehead atoms. The maximum atomic E-state index is 12.8. The number of halogens is 1. The van der Waals surface area contributed by atoms with Gasteiger partial charge >= 0.3 is 0 Å². The number of amides is 1. The third kappa shape index (κ3) is 3.95. The van der Waals surface area contributed by atoms with Crippen LogP contribution in [0.15, 0.2) is 34.8 Å². The quantitative estimate of drug-likeness (QED) is 0.601. The molecule has 0 saturated carbocycles. The number of carbonyl (C=O) groups excluding carboxylic acids is 2. The van der Waals surface area contributed by atoms with Crippen molar-refractivity contribution in [3.63, 3.8) is 0 Å². The Labute approximate surface area is 155 Å². The van der Waals surface area contributed by atoms with E-state index in [1.165, 1.54) is 11.3 Å². The average Bonchev–Trinajstić information content (AvgIpc) is 2.96. The number of Topliss-reactive ketones (excluding diaryl/α,β-unsaturated/α-hetero) is 1. The van der Waals surface area contributed by atoms with Crippen LogP contribution in [0.5, 0.6) is 0 Å². The highest BCUT2D eigenvalue weighted by molar-refractivity contribution is 9.10. The van der Waals surface area contributed by atoms with Crippen molar-refractivity contribution in [2.75, 3.05) is 0 Å². The van der Waals surface area contributed by atoms with Gasteiger partial charge in [0.1, 0.15) is 0 Å². The van der Waals surface area contributed by atoms with Gasteiger partial charge in [0.25, 0.3) is 5.91 Å². The molecule has 0 spiro atoms. The third-order valence-corrected chi connectivity index (χ3v) is 5.68. The van der Waals surface area contributed by atoms with Crippen LogP contribution in [-0.2, 0) is 0 Å². The maximum absolute atomic E-state index is 12.8. The van der Waals surface area contributed by atoms with Crippen LogP contribution in [0, 0.1) is 0 Å². The first-order valence-corrected chi connectivity index (χ1v) is 9.56. The van der Waals surface area contributed by atoms with Gasteiger partial charge in [-0.2, -0.15) is 0 Å². The van der Waals surface area contributed by atoms with Crippen molar-refractivity contribution in [2.24, 2.45) is 0 Å². The molecule has 1 amide bonds. The Balaban J connectivity index is 2.35. The lowest BCUT2D eigenvalue weighted by Crippen LogP contribution is -2.42. The molecule has 0 atom stereocenters. The van der Waals surface area contributed by atoms with Crippen LogP contribution in [0.4, 0.5) is 0 Å². The Morgan fingerprint density at radius 2 is 1.67 bits per heavy atom. The normalized spacial score (nSPS) is 11.2. The van der Waals surface area contributed by atoms with Gasteiger partial charge in [0.2, 0.25) is 0 Å². The van der Waals surface area contributed by atoms with Gasteiger partial charge < -0.3 is 4.90 Å². The van der Waals surface area contributed by atoms with Crippen molar-refractivity contribution in [3.8, 4) is 10.4 Å². The van der Waals surface area contributed by atoms with Crippen LogP contribution < -0.4 is 0 Å². The van der Waals surface area contributed by atoms with E-state index in [0.717, 1.165) is 19.8 Å². The van der Waals surface area contributed by atoms with Crippen LogP contribution in [0.2, 0.25) is 0 Å². The van der Waals surface area contributed by atoms with E-state index >= 15 is 0 Å². The van der Waals surface area contributed by atoms with Gasteiger partial charge in [-0.1, -0.05) is 6.07 Å². The summed E-state index contributed by atoms with van der Waals surface area (Å²) < 4.78 is 0.772. The average molecular weight is 408 g/mol. The predicted octanol–water partition coefficient (Wildman–Crippen LogP) is 5.64. The van der Waals surface area contributed by atoms with Gasteiger partial charge in [0.15, 0.2) is 5.78 Å². The van der Waals surface area contributed by atoms with E-state index in [0.29, 0.717) is 5.56 Å². The first-order chi connectivity index (χ1) is 11.2. The first-order valence-electron chi connectivity index (χ1n) is 7.95. The minimum absolute atomic E-state index is 0.0222. The van der Waals surface area contributed by atoms with Gasteiger partial charge in [-0.3, -0.25) is 9.59 Å². The Morgan fingerprint density at radius 3 is 2.12 bits per heavy atom. The summed E-state index contributed by atoms with van der Waals surface area (Å²) in [6.07, 6.45) is 0. The number of ketones is 1. The molecule has 2 aromatic rings. The molecule has 3 nitrogen and oxygen atoms in total. The number of rotatable bonds is 5. The van der Waals surface area contributed by atoms with Gasteiger partial charge in [-0.05, 0) is 80.4 Å². The van der Waals surface area contributed by atoms with Crippen LogP contribution in [0.1, 0.15) is 54.6 Å². The van der Waals surface area contributed by atoms with Gasteiger partial charge in [-0.25, -0.2) is 0 Å². The van der Waals surface area contributed by atoms with E-state index in [4.69, 9.17) is 0 Å². The molecule has 0 saturated heterocycles. The minimum Gasteiger partial charge on any atom is -0.334 e. The fraction of sp³-hybridized carbons (Fsp3) is 0.368. The second-order valence-corrected chi connectivity index (χ2v) is 8.25. The molecule has 24 heavy (non-hydrogen) atoms. The molecule has 2 rings (SSSR count). The molecule has 1 aromatic carbocycles. The molecule has 1 aromatic heterocycles. The summed E-state index contributed by atoms with van der Waals surface area (Å²) in [6, 6.07) is 9.80. The second-order valence-electron chi connectivity index (χ2n) is 6.31. The topological polar surface area (TPSA) is 37.4 Å². The minimum atomic E-state index is 0.0222. The van der Waals surface area contributed by atoms with Crippen LogP contribution in [-0.4, -0.2) is 28.7 Å². The SMILES string of the molecule is CC(=O)c1ccc(-c2ccc(C(=O)N(C(C)C)C(C)C)c(Br)c2)s1. The zero-order valence-electron chi connectivity index (χ0n) is 14.6. The van der Waals surface area contributed by atoms with Gasteiger partial charge in [0, 0.05) is 21.4 Å². The zero-order valence-corrected chi connectivity index (χ0v) is 17.0. The highest BCUT2D eigenvalue weighted by Gasteiger charge is 2.23. The number of thiophene rings is 1. The maximum Gasteiger partial charge on any atom is 0.255 e. The fourth-order valence-corrected chi connectivity index (χ4v) is 4.17. The summed E-state index contributed by atoms with van der Waals surface area (Å²) in [7, 11) is 0. The summed E-state index contributed by atoms with van der Waals surface area (Å²) in [5.41, 5.74) is 1.65. The van der Waals surface area contributed by atoms with E-state index < -0.39 is 0 Å². The lowest BCUT2D eigenvalue weighted by molar-refractivity contribution is 0.0642. The van der Waals surface area contributed by atoms with Crippen LogP contribution in [0.3, 0.4) is 0 Å². The van der Waals surface area contributed by atoms with Crippen molar-refractivity contribution in [3.05, 3.63) is 45.2 Å². The molecule has 0 N–H and O–H groups in total. The second kappa shape index (κ2) is 7.62. The summed E-state index contributed by atoms with van der Waals surface area (Å²) in [6.45, 7) is 9.66. The molecule has 0 aliphatic heterocycles. The summed E-state index contributed by atoms with van der Waals surface area (Å²) in [4.78, 5) is 27.9. The molecular formula is C19H22BrNO2S. The van der Waals surface area contributed by atoms with Crippen molar-refractivity contribution >= 4 is 39.0 Å². The highest BCUT2D eigenvalue weighted by atomic mass is 79.9. The van der Waals surface area contributed by atoms with Crippen molar-refractivity contribution in [1.82, 2.24) is 4.90 Å². The molecule has 0 aliphatic rings. The van der Waals surface area contributed by atoms with Crippen molar-refractivity contribution < 1.29 is 9.59 Å². The molecule has 0 aliphatic carbocycles. The summed E-state index contributed by atoms with van der Waals surface area (Å²) >= 11 is 5.00. The predicted molar refractivity (Wildman–Crippen MR) is 104 cm³/mol. The molecule has 0 radical (unpaired) electrons. The van der Waals surface area contributed by atoms with Crippen molar-refractivity contribution in [2.45, 2.75) is 46.7 Å². The Hall–Kier alpha value is -1.46. The molecule has 128 valence electrons. The number of nitrogens with zero attached hydrogens (tertiary/aromatic N) is 1. The van der Waals surface area contributed by atoms with Crippen LogP contribution >= 0.6 is 27.3 Å². The number of hydrogen-bond acceptors (Lipinski definition) is 3. The zero-order chi connectivity index (χ0) is 18.0. The van der Waals surface area contributed by atoms with E-state index in [1.807, 2.05) is 62.9 Å². The standard InChI is InChI=1S/C19H22BrNO2S/c1-11(2)21(12(3)4)19(23)15-7-6-14(10-16(15)20)18-9-8-17(24-18)13(5)22/h6-12H,1-5H3. The molecule has 0 unspecified atom stereocenters. The lowest BCUT2D eigenvalue weighted by Gasteiger charge is -2.31. The molecule has 0 fully saturated rings. The monoisotopic (exact) mass is 407 g/mol. The Kier molecular flexibility index (Phi) is 5.99. The number of carbonyl (C=O) groups is 2. The Bertz CT molecular complexity index is 756. The van der Waals surface area contributed by atoms with Crippen LogP contribution in [0.25, 0.3) is 10.4 Å². The van der Waals surface area contributed by atoms with E-state index in [9.17, 15) is 9.59 Å². The third-order valence-electron chi connectivity index (χ3n) is 3.78. The number of benzene rings is 1. The molecule has 1 heterocycles. The molecular weight excluding hydrogens is 386 g/mol. The van der Waals surface area contributed by atoms with E-state index in [2.05, 4.69) is 15.9 Å². The highest BCUT2D eigenvalue weighted by Crippen LogP contribution is 2.32. The van der Waals surface area contributed by atoms with Crippen molar-refractivity contribution in [1.29, 1.82) is 0 Å². The largest absolute Gasteiger partial charge is 0.334 e. The fourth-order valence-electron chi connectivity index (χ4n) is 2.73. The van der Waals surface area contributed by atoms with E-state index in [1.54, 1.807) is 6.92 Å². The number of hydrogen-bond donors (Lipinski definition) is 0. The first kappa shape index (κ1) is 18.9. The van der Waals surface area contributed by atoms with E-state index in [-0.39, 0.29) is 23.8 Å². The Morgan fingerprint density at radius 1 is 1.04 bits per heavy atom.